The van der Waals surface area contributed by atoms with E-state index in [4.69, 9.17) is 18.9 Å². The van der Waals surface area contributed by atoms with Crippen molar-refractivity contribution in [2.24, 2.45) is 0 Å². The van der Waals surface area contributed by atoms with Gasteiger partial charge in [-0.05, 0) is 60.0 Å². The summed E-state index contributed by atoms with van der Waals surface area (Å²) >= 11 is 0. The second-order valence-electron chi connectivity index (χ2n) is 9.98. The van der Waals surface area contributed by atoms with Gasteiger partial charge in [-0.15, -0.1) is 0 Å². The Hall–Kier alpha value is -4.06. The van der Waals surface area contributed by atoms with E-state index in [0.29, 0.717) is 23.7 Å². The van der Waals surface area contributed by atoms with Crippen LogP contribution in [0.15, 0.2) is 66.4 Å². The predicted octanol–water partition coefficient (Wildman–Crippen LogP) is 7.49. The Morgan fingerprint density at radius 2 is 1.56 bits per heavy atom. The van der Waals surface area contributed by atoms with Gasteiger partial charge in [-0.3, -0.25) is 9.59 Å². The minimum atomic E-state index is -0.311. The van der Waals surface area contributed by atoms with Crippen molar-refractivity contribution in [1.82, 2.24) is 0 Å². The summed E-state index contributed by atoms with van der Waals surface area (Å²) < 4.78 is 22.9. The van der Waals surface area contributed by atoms with Crippen molar-refractivity contribution in [3.63, 3.8) is 0 Å². The fraction of sp³-hybridized carbons (Fsp3) is 0.333. The van der Waals surface area contributed by atoms with Crippen LogP contribution >= 0.6 is 0 Å². The van der Waals surface area contributed by atoms with Gasteiger partial charge in [-0.2, -0.15) is 0 Å². The summed E-state index contributed by atoms with van der Waals surface area (Å²) in [5.41, 5.74) is 2.95. The van der Waals surface area contributed by atoms with Gasteiger partial charge in [0.2, 0.25) is 5.78 Å². The number of methoxy groups -OCH3 is 1. The van der Waals surface area contributed by atoms with Gasteiger partial charge in [0.25, 0.3) is 0 Å². The molecule has 0 saturated carbocycles. The van der Waals surface area contributed by atoms with Gasteiger partial charge >= 0.3 is 5.97 Å². The number of esters is 1. The molecule has 3 aromatic rings. The van der Waals surface area contributed by atoms with Gasteiger partial charge in [0.1, 0.15) is 23.0 Å². The van der Waals surface area contributed by atoms with Crippen LogP contribution in [0.4, 0.5) is 0 Å². The third-order valence-corrected chi connectivity index (χ3v) is 7.24. The quantitative estimate of drug-likeness (QED) is 0.112. The number of Topliss-reactive ketones (excluding diaryl/α,β-unsaturated/α-hetero) is 1. The standard InChI is InChI=1S/C33H34O6/c1-3-4-5-6-7-8-19-37-25-15-11-23(12-16-25)27-21-30(34)38-28-18-17-26-32(35)29(39-33(26)31(27)28)20-22-9-13-24(36-2)14-10-22/h9-18,20,27H,3-8,19,21H2,1-2H3. The summed E-state index contributed by atoms with van der Waals surface area (Å²) in [5.74, 6) is 1.86. The lowest BCUT2D eigenvalue weighted by Gasteiger charge is -2.26. The van der Waals surface area contributed by atoms with Gasteiger partial charge in [-0.1, -0.05) is 63.3 Å². The Morgan fingerprint density at radius 1 is 0.846 bits per heavy atom. The normalized spacial score (nSPS) is 16.9. The molecule has 0 saturated heterocycles. The second kappa shape index (κ2) is 12.2. The Morgan fingerprint density at radius 3 is 2.31 bits per heavy atom. The minimum Gasteiger partial charge on any atom is -0.497 e. The summed E-state index contributed by atoms with van der Waals surface area (Å²) in [6, 6.07) is 18.6. The summed E-state index contributed by atoms with van der Waals surface area (Å²) in [5, 5.41) is 0. The first-order valence-electron chi connectivity index (χ1n) is 13.8. The Labute approximate surface area is 229 Å². The van der Waals surface area contributed by atoms with Crippen LogP contribution in [0, 0.1) is 0 Å². The highest BCUT2D eigenvalue weighted by Gasteiger charge is 2.38. The summed E-state index contributed by atoms with van der Waals surface area (Å²) in [6.07, 6.45) is 9.18. The van der Waals surface area contributed by atoms with E-state index in [1.54, 1.807) is 25.3 Å². The molecule has 5 rings (SSSR count). The fourth-order valence-electron chi connectivity index (χ4n) is 5.11. The number of hydrogen-bond donors (Lipinski definition) is 0. The zero-order valence-corrected chi connectivity index (χ0v) is 22.5. The SMILES string of the molecule is CCCCCCCCOc1ccc(C2CC(=O)Oc3ccc4c(c32)OC(=Cc2ccc(OC)cc2)C4=O)cc1. The molecule has 39 heavy (non-hydrogen) atoms. The molecule has 0 aliphatic carbocycles. The molecule has 2 aliphatic heterocycles. The average molecular weight is 527 g/mol. The van der Waals surface area contributed by atoms with Crippen LogP contribution in [-0.4, -0.2) is 25.5 Å². The van der Waals surface area contributed by atoms with Crippen molar-refractivity contribution in [3.8, 4) is 23.0 Å². The topological polar surface area (TPSA) is 71.1 Å². The molecular weight excluding hydrogens is 492 g/mol. The molecule has 0 radical (unpaired) electrons. The summed E-state index contributed by atoms with van der Waals surface area (Å²) in [7, 11) is 1.61. The summed E-state index contributed by atoms with van der Waals surface area (Å²) in [6.45, 7) is 2.91. The number of rotatable bonds is 11. The lowest BCUT2D eigenvalue weighted by molar-refractivity contribution is -0.135. The van der Waals surface area contributed by atoms with E-state index in [-0.39, 0.29) is 29.9 Å². The highest BCUT2D eigenvalue weighted by molar-refractivity contribution is 6.15. The molecule has 0 aromatic heterocycles. The maximum Gasteiger partial charge on any atom is 0.312 e. The zero-order chi connectivity index (χ0) is 27.2. The zero-order valence-electron chi connectivity index (χ0n) is 22.5. The third kappa shape index (κ3) is 6.00. The van der Waals surface area contributed by atoms with Crippen LogP contribution in [0.1, 0.15) is 84.8 Å². The van der Waals surface area contributed by atoms with Crippen molar-refractivity contribution in [2.45, 2.75) is 57.8 Å². The highest BCUT2D eigenvalue weighted by atomic mass is 16.5. The predicted molar refractivity (Wildman–Crippen MR) is 150 cm³/mol. The third-order valence-electron chi connectivity index (χ3n) is 7.24. The number of benzene rings is 3. The Bertz CT molecular complexity index is 1350. The molecule has 0 bridgehead atoms. The maximum absolute atomic E-state index is 13.2. The van der Waals surface area contributed by atoms with Crippen LogP contribution in [0.3, 0.4) is 0 Å². The van der Waals surface area contributed by atoms with E-state index in [0.717, 1.165) is 34.6 Å². The second-order valence-corrected chi connectivity index (χ2v) is 9.98. The lowest BCUT2D eigenvalue weighted by Crippen LogP contribution is -2.21. The lowest BCUT2D eigenvalue weighted by atomic mass is 9.84. The largest absolute Gasteiger partial charge is 0.497 e. The first-order chi connectivity index (χ1) is 19.1. The number of ether oxygens (including phenoxy) is 4. The number of ketones is 1. The molecule has 2 aliphatic rings. The number of unbranched alkanes of at least 4 members (excludes halogenated alkanes) is 5. The van der Waals surface area contributed by atoms with Crippen molar-refractivity contribution < 1.29 is 28.5 Å². The van der Waals surface area contributed by atoms with Gasteiger partial charge in [0.15, 0.2) is 5.76 Å². The first-order valence-corrected chi connectivity index (χ1v) is 13.8. The van der Waals surface area contributed by atoms with Gasteiger partial charge in [-0.25, -0.2) is 0 Å². The molecule has 2 heterocycles. The van der Waals surface area contributed by atoms with E-state index in [1.807, 2.05) is 48.5 Å². The van der Waals surface area contributed by atoms with Crippen LogP contribution < -0.4 is 18.9 Å². The van der Waals surface area contributed by atoms with Gasteiger partial charge < -0.3 is 18.9 Å². The molecule has 0 fully saturated rings. The van der Waals surface area contributed by atoms with E-state index >= 15 is 0 Å². The molecule has 3 aromatic carbocycles. The van der Waals surface area contributed by atoms with Crippen molar-refractivity contribution in [2.75, 3.05) is 13.7 Å². The van der Waals surface area contributed by atoms with E-state index in [9.17, 15) is 9.59 Å². The Balaban J connectivity index is 1.34. The van der Waals surface area contributed by atoms with Gasteiger partial charge in [0, 0.05) is 11.5 Å². The fourth-order valence-corrected chi connectivity index (χ4v) is 5.11. The molecule has 6 nitrogen and oxygen atoms in total. The number of fused-ring (bicyclic) bond motifs is 3. The smallest absolute Gasteiger partial charge is 0.312 e. The maximum atomic E-state index is 13.2. The summed E-state index contributed by atoms with van der Waals surface area (Å²) in [4.78, 5) is 25.7. The monoisotopic (exact) mass is 526 g/mol. The van der Waals surface area contributed by atoms with Crippen LogP contribution in [0.25, 0.3) is 6.08 Å². The molecule has 0 amide bonds. The molecule has 202 valence electrons. The number of allylic oxidation sites excluding steroid dienone is 1. The minimum absolute atomic E-state index is 0.163. The van der Waals surface area contributed by atoms with E-state index in [2.05, 4.69) is 6.92 Å². The average Bonchev–Trinajstić information content (AvgIpc) is 3.27. The molecule has 0 spiro atoms. The van der Waals surface area contributed by atoms with Crippen LogP contribution in [0.5, 0.6) is 23.0 Å². The van der Waals surface area contributed by atoms with E-state index in [1.165, 1.54) is 32.1 Å². The molecule has 6 heteroatoms. The van der Waals surface area contributed by atoms with E-state index < -0.39 is 0 Å². The highest BCUT2D eigenvalue weighted by Crippen LogP contribution is 2.49. The molecular formula is C33H34O6. The van der Waals surface area contributed by atoms with Crippen LogP contribution in [0.2, 0.25) is 0 Å². The molecule has 1 atom stereocenters. The number of hydrogen-bond acceptors (Lipinski definition) is 6. The molecule has 1 unspecified atom stereocenters. The number of carbonyl (C=O) groups is 2. The van der Waals surface area contributed by atoms with Crippen LogP contribution in [-0.2, 0) is 4.79 Å². The van der Waals surface area contributed by atoms with Gasteiger partial charge in [0.05, 0.1) is 25.7 Å². The first kappa shape index (κ1) is 26.5. The molecule has 0 N–H and O–H groups in total. The number of carbonyl (C=O) groups excluding carboxylic acids is 2. The van der Waals surface area contributed by atoms with Crippen molar-refractivity contribution in [1.29, 1.82) is 0 Å². The van der Waals surface area contributed by atoms with Crippen molar-refractivity contribution in [3.05, 3.63) is 88.7 Å². The van der Waals surface area contributed by atoms with Crippen molar-refractivity contribution >= 4 is 17.8 Å². The Kier molecular flexibility index (Phi) is 8.30.